The average molecular weight is 600 g/mol. The molecule has 1 aliphatic heterocycles. The van der Waals surface area contributed by atoms with Gasteiger partial charge in [0.15, 0.2) is 0 Å². The maximum atomic E-state index is 12.9. The number of anilines is 1. The van der Waals surface area contributed by atoms with Gasteiger partial charge in [-0.05, 0) is 62.7 Å². The Bertz CT molecular complexity index is 1580. The molecule has 8 nitrogen and oxygen atoms in total. The third-order valence-corrected chi connectivity index (χ3v) is 9.43. The molecule has 0 spiro atoms. The van der Waals surface area contributed by atoms with Crippen molar-refractivity contribution < 1.29 is 18.3 Å². The lowest BCUT2D eigenvalue weighted by atomic mass is 10.0. The van der Waals surface area contributed by atoms with Crippen molar-refractivity contribution >= 4 is 38.3 Å². The number of nitriles is 1. The second kappa shape index (κ2) is 12.6. The molecular weight excluding hydrogens is 563 g/mol. The summed E-state index contributed by atoms with van der Waals surface area (Å²) < 4.78 is 40.7. The number of hydrogen-bond acceptors (Lipinski definition) is 8. The summed E-state index contributed by atoms with van der Waals surface area (Å²) in [7, 11) is 1.98. The smallest absolute Gasteiger partial charge is 0.393 e. The number of fused-ring (bicyclic) bond motifs is 2. The summed E-state index contributed by atoms with van der Waals surface area (Å²) in [6.07, 6.45) is -2.04. The van der Waals surface area contributed by atoms with Crippen LogP contribution in [0.1, 0.15) is 41.5 Å². The number of aryl methyl sites for hydroxylation is 1. The molecule has 4 aromatic rings. The number of aromatic nitrogens is 3. The third kappa shape index (κ3) is 6.54. The van der Waals surface area contributed by atoms with Gasteiger partial charge in [0.25, 0.3) is 0 Å². The minimum absolute atomic E-state index is 0.0191. The van der Waals surface area contributed by atoms with Crippen LogP contribution in [0.2, 0.25) is 0 Å². The number of hydrogen-bond donors (Lipinski definition) is 2. The minimum atomic E-state index is -4.26. The van der Waals surface area contributed by atoms with Crippen molar-refractivity contribution in [3.63, 3.8) is 0 Å². The molecule has 4 heterocycles. The van der Waals surface area contributed by atoms with E-state index in [4.69, 9.17) is 0 Å². The molecule has 0 aliphatic carbocycles. The zero-order chi connectivity index (χ0) is 30.0. The molecule has 1 unspecified atom stereocenters. The lowest BCUT2D eigenvalue weighted by Crippen LogP contribution is -2.39. The number of likely N-dealkylation sites (tertiary alicyclic amines) is 1. The number of piperidine rings is 1. The number of aliphatic hydroxyl groups excluding tert-OH is 1. The van der Waals surface area contributed by atoms with Crippen molar-refractivity contribution in [3.05, 3.63) is 52.3 Å². The highest BCUT2D eigenvalue weighted by molar-refractivity contribution is 7.18. The van der Waals surface area contributed by atoms with Crippen molar-refractivity contribution in [3.8, 4) is 6.07 Å². The molecule has 3 aromatic heterocycles. The molecule has 1 atom stereocenters. The van der Waals surface area contributed by atoms with Gasteiger partial charge < -0.3 is 15.0 Å². The van der Waals surface area contributed by atoms with Crippen molar-refractivity contribution in [2.45, 2.75) is 64.5 Å². The van der Waals surface area contributed by atoms with E-state index in [0.717, 1.165) is 66.8 Å². The van der Waals surface area contributed by atoms with Crippen LogP contribution in [0, 0.1) is 18.3 Å². The molecule has 0 bridgehead atoms. The summed E-state index contributed by atoms with van der Waals surface area (Å²) in [5.74, 6) is 0.593. The van der Waals surface area contributed by atoms with Crippen LogP contribution < -0.4 is 5.32 Å². The van der Waals surface area contributed by atoms with Crippen LogP contribution in [0.15, 0.2) is 30.6 Å². The average Bonchev–Trinajstić information content (AvgIpc) is 3.54. The van der Waals surface area contributed by atoms with Gasteiger partial charge in [-0.25, -0.2) is 9.97 Å². The van der Waals surface area contributed by atoms with Gasteiger partial charge in [0, 0.05) is 48.0 Å². The van der Waals surface area contributed by atoms with E-state index < -0.39 is 12.6 Å². The van der Waals surface area contributed by atoms with Gasteiger partial charge in [0.05, 0.1) is 24.5 Å². The maximum Gasteiger partial charge on any atom is 0.393 e. The quantitative estimate of drug-likeness (QED) is 0.255. The van der Waals surface area contributed by atoms with Gasteiger partial charge in [0.2, 0.25) is 0 Å². The molecule has 1 fully saturated rings. The Labute approximate surface area is 247 Å². The van der Waals surface area contributed by atoms with Crippen LogP contribution in [0.3, 0.4) is 0 Å². The minimum Gasteiger partial charge on any atom is -0.395 e. The van der Waals surface area contributed by atoms with E-state index in [9.17, 15) is 23.5 Å². The number of aliphatic hydroxyl groups is 1. The lowest BCUT2D eigenvalue weighted by Gasteiger charge is -2.33. The van der Waals surface area contributed by atoms with Gasteiger partial charge in [0.1, 0.15) is 28.7 Å². The predicted octanol–water partition coefficient (Wildman–Crippen LogP) is 5.32. The van der Waals surface area contributed by atoms with E-state index in [1.807, 2.05) is 24.6 Å². The van der Waals surface area contributed by atoms with Gasteiger partial charge in [-0.3, -0.25) is 9.80 Å². The van der Waals surface area contributed by atoms with Crippen LogP contribution in [0.5, 0.6) is 0 Å². The first-order chi connectivity index (χ1) is 20.1. The normalized spacial score (nSPS) is 16.0. The number of nitrogens with zero attached hydrogens (tertiary/aromatic N) is 6. The molecule has 224 valence electrons. The Kier molecular flexibility index (Phi) is 9.03. The molecule has 1 aromatic carbocycles. The van der Waals surface area contributed by atoms with Crippen LogP contribution in [-0.4, -0.2) is 81.0 Å². The third-order valence-electron chi connectivity index (χ3n) is 8.38. The van der Waals surface area contributed by atoms with Crippen molar-refractivity contribution in [1.29, 1.82) is 5.26 Å². The van der Waals surface area contributed by atoms with Crippen LogP contribution in [-0.2, 0) is 19.5 Å². The first kappa shape index (κ1) is 30.2. The van der Waals surface area contributed by atoms with E-state index >= 15 is 0 Å². The highest BCUT2D eigenvalue weighted by Gasteiger charge is 2.29. The molecule has 1 saturated heterocycles. The molecule has 2 N–H and O–H groups in total. The summed E-state index contributed by atoms with van der Waals surface area (Å²) in [4.78, 5) is 13.8. The molecule has 0 radical (unpaired) electrons. The molecule has 0 amide bonds. The molecular formula is C30H36F3N7OS. The van der Waals surface area contributed by atoms with Crippen LogP contribution >= 0.6 is 11.3 Å². The number of halogens is 3. The maximum absolute atomic E-state index is 12.9. The number of rotatable bonds is 10. The molecule has 12 heteroatoms. The second-order valence-electron chi connectivity index (χ2n) is 11.1. The Morgan fingerprint density at radius 1 is 1.21 bits per heavy atom. The number of benzene rings is 1. The summed E-state index contributed by atoms with van der Waals surface area (Å²) in [6.45, 7) is 8.06. The monoisotopic (exact) mass is 599 g/mol. The van der Waals surface area contributed by atoms with Crippen LogP contribution in [0.4, 0.5) is 19.0 Å². The van der Waals surface area contributed by atoms with Crippen molar-refractivity contribution in [2.24, 2.45) is 0 Å². The highest BCUT2D eigenvalue weighted by atomic mass is 32.1. The first-order valence-corrected chi connectivity index (χ1v) is 15.0. The van der Waals surface area contributed by atoms with E-state index in [1.54, 1.807) is 6.07 Å². The molecule has 42 heavy (non-hydrogen) atoms. The summed E-state index contributed by atoms with van der Waals surface area (Å²) in [6, 6.07) is 10.2. The molecule has 1 aliphatic rings. The summed E-state index contributed by atoms with van der Waals surface area (Å²) >= 11 is 1.06. The number of nitrogens with one attached hydrogen (secondary N) is 1. The second-order valence-corrected chi connectivity index (χ2v) is 12.2. The number of alkyl halides is 3. The SMILES string of the molecule is CCN(C)C(CO)Cn1c(C#N)cc2c(C)c(CN3CCC(Nc4ncnc5sc(CC(F)(F)F)cc45)CC3)ccc21. The molecule has 0 saturated carbocycles. The number of likely N-dealkylation sites (N-methyl/N-ethyl adjacent to an activating group) is 1. The Balaban J connectivity index is 1.25. The number of thiophene rings is 1. The van der Waals surface area contributed by atoms with E-state index in [2.05, 4.69) is 50.2 Å². The highest BCUT2D eigenvalue weighted by Crippen LogP contribution is 2.33. The van der Waals surface area contributed by atoms with Gasteiger partial charge in [-0.15, -0.1) is 11.3 Å². The Morgan fingerprint density at radius 3 is 2.64 bits per heavy atom. The predicted molar refractivity (Wildman–Crippen MR) is 160 cm³/mol. The van der Waals surface area contributed by atoms with Gasteiger partial charge in [-0.2, -0.15) is 18.4 Å². The van der Waals surface area contributed by atoms with E-state index in [1.165, 1.54) is 11.9 Å². The Hall–Kier alpha value is -3.24. The van der Waals surface area contributed by atoms with Gasteiger partial charge >= 0.3 is 6.18 Å². The fourth-order valence-electron chi connectivity index (χ4n) is 5.76. The van der Waals surface area contributed by atoms with Gasteiger partial charge in [-0.1, -0.05) is 13.0 Å². The summed E-state index contributed by atoms with van der Waals surface area (Å²) in [5, 5.41) is 24.9. The summed E-state index contributed by atoms with van der Waals surface area (Å²) in [5.41, 5.74) is 3.97. The van der Waals surface area contributed by atoms with E-state index in [-0.39, 0.29) is 23.6 Å². The van der Waals surface area contributed by atoms with Crippen molar-refractivity contribution in [1.82, 2.24) is 24.3 Å². The lowest BCUT2D eigenvalue weighted by molar-refractivity contribution is -0.126. The topological polar surface area (TPSA) is 93.2 Å². The fourth-order valence-corrected chi connectivity index (χ4v) is 6.79. The zero-order valence-corrected chi connectivity index (χ0v) is 24.9. The Morgan fingerprint density at radius 2 is 1.98 bits per heavy atom. The van der Waals surface area contributed by atoms with E-state index in [0.29, 0.717) is 28.3 Å². The zero-order valence-electron chi connectivity index (χ0n) is 24.1. The standard InChI is InChI=1S/C30H36F3N7OS/c1-4-38(3)23(17-41)16-40-22(14-34)11-25-19(2)20(5-6-27(25)40)15-39-9-7-21(8-10-39)37-28-26-12-24(13-30(31,32)33)42-29(26)36-18-35-28/h5-6,11-12,18,21,23,41H,4,7-10,13,15-17H2,1-3H3,(H,35,36,37). The molecule has 5 rings (SSSR count). The van der Waals surface area contributed by atoms with Crippen LogP contribution in [0.25, 0.3) is 21.1 Å². The van der Waals surface area contributed by atoms with Crippen molar-refractivity contribution in [2.75, 3.05) is 38.6 Å². The largest absolute Gasteiger partial charge is 0.395 e. The first-order valence-electron chi connectivity index (χ1n) is 14.2. The fraction of sp³-hybridized carbons (Fsp3) is 0.500.